The van der Waals surface area contributed by atoms with Crippen LogP contribution in [0.15, 0.2) is 36.4 Å². The third-order valence-corrected chi connectivity index (χ3v) is 9.43. The van der Waals surface area contributed by atoms with E-state index >= 15 is 4.39 Å². The molecule has 1 saturated heterocycles. The second-order valence-corrected chi connectivity index (χ2v) is 12.2. The van der Waals surface area contributed by atoms with E-state index in [-0.39, 0.29) is 22.5 Å². The van der Waals surface area contributed by atoms with Crippen LogP contribution in [0.1, 0.15) is 68.9 Å². The number of carbonyl (C=O) groups is 2. The number of aliphatic hydroxyl groups is 1. The molecule has 2 aliphatic heterocycles. The average Bonchev–Trinajstić information content (AvgIpc) is 3.28. The molecule has 0 aromatic heterocycles. The van der Waals surface area contributed by atoms with E-state index in [1.54, 1.807) is 37.3 Å². The zero-order valence-electron chi connectivity index (χ0n) is 20.5. The maximum absolute atomic E-state index is 15.8. The Balaban J connectivity index is 1.55. The lowest BCUT2D eigenvalue weighted by atomic mass is 9.55. The lowest BCUT2D eigenvalue weighted by Crippen LogP contribution is -2.60. The molecule has 0 bridgehead atoms. The van der Waals surface area contributed by atoms with Gasteiger partial charge in [0, 0.05) is 28.1 Å². The normalized spacial score (nSPS) is 33.8. The number of hydrogen-bond acceptors (Lipinski definition) is 5. The molecule has 6 rings (SSSR count). The van der Waals surface area contributed by atoms with Crippen molar-refractivity contribution in [2.75, 3.05) is 0 Å². The molecule has 0 radical (unpaired) electrons. The molecule has 6 nitrogen and oxygen atoms in total. The standard InChI is InChI=1S/C28H29Cl2FN2O4/c1-26(36)13-16(14-26)32-24(34)23-21(17-6-5-7-19(30)22(17)31)28(27(33-23)10-3-2-4-11-27)18-9-8-15(29)12-20(18)37-25(28)35/h5-9,12,16,21,23,33,36H,2-4,10-11,13-14H2,1H3,(H,32,34). The van der Waals surface area contributed by atoms with E-state index in [1.807, 2.05) is 0 Å². The van der Waals surface area contributed by atoms with Crippen LogP contribution >= 0.6 is 23.2 Å². The Kier molecular flexibility index (Phi) is 5.88. The summed E-state index contributed by atoms with van der Waals surface area (Å²) in [5.41, 5.74) is -2.19. The number of fused-ring (bicyclic) bond motifs is 3. The highest BCUT2D eigenvalue weighted by atomic mass is 35.5. The first-order valence-electron chi connectivity index (χ1n) is 12.8. The number of benzene rings is 2. The molecule has 37 heavy (non-hydrogen) atoms. The summed E-state index contributed by atoms with van der Waals surface area (Å²) in [4.78, 5) is 28.0. The van der Waals surface area contributed by atoms with Gasteiger partial charge in [0.25, 0.3) is 0 Å². The summed E-state index contributed by atoms with van der Waals surface area (Å²) in [7, 11) is 0. The van der Waals surface area contributed by atoms with E-state index in [0.717, 1.165) is 19.3 Å². The van der Waals surface area contributed by atoms with E-state index in [1.165, 1.54) is 6.07 Å². The van der Waals surface area contributed by atoms with Crippen LogP contribution in [0.3, 0.4) is 0 Å². The van der Waals surface area contributed by atoms with Crippen molar-refractivity contribution in [2.24, 2.45) is 0 Å². The Bertz CT molecular complexity index is 1290. The highest BCUT2D eigenvalue weighted by molar-refractivity contribution is 6.31. The first-order chi connectivity index (χ1) is 17.6. The topological polar surface area (TPSA) is 87.7 Å². The van der Waals surface area contributed by atoms with Crippen molar-refractivity contribution in [3.05, 3.63) is 63.4 Å². The molecule has 2 spiro atoms. The van der Waals surface area contributed by atoms with Gasteiger partial charge in [0.05, 0.1) is 16.7 Å². The quantitative estimate of drug-likeness (QED) is 0.381. The third-order valence-electron chi connectivity index (χ3n) is 8.90. The molecule has 2 saturated carbocycles. The van der Waals surface area contributed by atoms with E-state index in [2.05, 4.69) is 10.6 Å². The second kappa shape index (κ2) is 8.67. The summed E-state index contributed by atoms with van der Waals surface area (Å²) in [6, 6.07) is 8.66. The maximum Gasteiger partial charge on any atom is 0.324 e. The molecule has 3 atom stereocenters. The summed E-state index contributed by atoms with van der Waals surface area (Å²) in [6.07, 6.45) is 4.84. The molecule has 4 aliphatic rings. The molecule has 3 unspecified atom stereocenters. The van der Waals surface area contributed by atoms with Crippen LogP contribution in [-0.4, -0.2) is 40.2 Å². The Morgan fingerprint density at radius 2 is 1.89 bits per heavy atom. The van der Waals surface area contributed by atoms with Gasteiger partial charge in [0.2, 0.25) is 5.91 Å². The molecule has 2 aromatic carbocycles. The Hall–Kier alpha value is -2.19. The van der Waals surface area contributed by atoms with Crippen LogP contribution in [0.2, 0.25) is 10.0 Å². The summed E-state index contributed by atoms with van der Waals surface area (Å²) >= 11 is 12.5. The largest absolute Gasteiger partial charge is 0.425 e. The molecule has 3 N–H and O–H groups in total. The Morgan fingerprint density at radius 1 is 1.16 bits per heavy atom. The molecular formula is C28H29Cl2FN2O4. The number of rotatable bonds is 3. The second-order valence-electron chi connectivity index (χ2n) is 11.3. The fourth-order valence-electron chi connectivity index (χ4n) is 7.47. The van der Waals surface area contributed by atoms with Crippen LogP contribution in [0.4, 0.5) is 4.39 Å². The summed E-state index contributed by atoms with van der Waals surface area (Å²) < 4.78 is 21.7. The average molecular weight is 547 g/mol. The maximum atomic E-state index is 15.8. The number of carbonyl (C=O) groups excluding carboxylic acids is 2. The van der Waals surface area contributed by atoms with Gasteiger partial charge < -0.3 is 15.2 Å². The van der Waals surface area contributed by atoms with Gasteiger partial charge in [-0.1, -0.05) is 60.7 Å². The van der Waals surface area contributed by atoms with Gasteiger partial charge in [-0.05, 0) is 56.4 Å². The van der Waals surface area contributed by atoms with Gasteiger partial charge in [-0.2, -0.15) is 0 Å². The number of ether oxygens (including phenoxy) is 1. The van der Waals surface area contributed by atoms with Crippen molar-refractivity contribution in [3.8, 4) is 5.75 Å². The molecule has 3 fully saturated rings. The third kappa shape index (κ3) is 3.65. The minimum atomic E-state index is -1.36. The molecule has 2 aliphatic carbocycles. The predicted molar refractivity (Wildman–Crippen MR) is 137 cm³/mol. The molecule has 2 heterocycles. The van der Waals surface area contributed by atoms with Crippen molar-refractivity contribution in [1.82, 2.24) is 10.6 Å². The summed E-state index contributed by atoms with van der Waals surface area (Å²) in [6.45, 7) is 1.73. The highest BCUT2D eigenvalue weighted by Crippen LogP contribution is 2.63. The SMILES string of the molecule is CC1(O)CC(NC(=O)C2NC3(CCCCC3)C3(C(=O)Oc4cc(Cl)ccc43)C2c2cccc(Cl)c2F)C1. The first-order valence-corrected chi connectivity index (χ1v) is 13.6. The molecule has 196 valence electrons. The molecular weight excluding hydrogens is 518 g/mol. The van der Waals surface area contributed by atoms with Crippen molar-refractivity contribution < 1.29 is 23.8 Å². The van der Waals surface area contributed by atoms with Crippen molar-refractivity contribution in [1.29, 1.82) is 0 Å². The smallest absolute Gasteiger partial charge is 0.324 e. The van der Waals surface area contributed by atoms with Gasteiger partial charge in [0.15, 0.2) is 0 Å². The molecule has 2 aromatic rings. The highest BCUT2D eigenvalue weighted by Gasteiger charge is 2.73. The number of nitrogens with one attached hydrogen (secondary N) is 2. The Labute approximate surface area is 224 Å². The van der Waals surface area contributed by atoms with E-state index < -0.39 is 40.3 Å². The van der Waals surface area contributed by atoms with Gasteiger partial charge in [0.1, 0.15) is 17.0 Å². The number of amides is 1. The van der Waals surface area contributed by atoms with Crippen molar-refractivity contribution in [2.45, 2.75) is 86.4 Å². The van der Waals surface area contributed by atoms with E-state index in [0.29, 0.717) is 42.0 Å². The van der Waals surface area contributed by atoms with Crippen LogP contribution < -0.4 is 15.4 Å². The number of halogens is 3. The lowest BCUT2D eigenvalue weighted by Gasteiger charge is -2.46. The fraction of sp³-hybridized carbons (Fsp3) is 0.500. The zero-order chi connectivity index (χ0) is 26.2. The molecule has 1 amide bonds. The summed E-state index contributed by atoms with van der Waals surface area (Å²) in [5.74, 6) is -2.07. The number of esters is 1. The fourth-order valence-corrected chi connectivity index (χ4v) is 7.81. The minimum absolute atomic E-state index is 0.0749. The Morgan fingerprint density at radius 3 is 2.59 bits per heavy atom. The van der Waals surface area contributed by atoms with E-state index in [4.69, 9.17) is 27.9 Å². The van der Waals surface area contributed by atoms with Crippen molar-refractivity contribution in [3.63, 3.8) is 0 Å². The van der Waals surface area contributed by atoms with Gasteiger partial charge in [-0.15, -0.1) is 0 Å². The van der Waals surface area contributed by atoms with Crippen LogP contribution in [-0.2, 0) is 15.0 Å². The van der Waals surface area contributed by atoms with Crippen LogP contribution in [0.5, 0.6) is 5.75 Å². The van der Waals surface area contributed by atoms with Gasteiger partial charge in [-0.3, -0.25) is 14.9 Å². The minimum Gasteiger partial charge on any atom is -0.425 e. The predicted octanol–water partition coefficient (Wildman–Crippen LogP) is 4.78. The first kappa shape index (κ1) is 25.1. The van der Waals surface area contributed by atoms with Gasteiger partial charge in [-0.25, -0.2) is 4.39 Å². The molecule has 9 heteroatoms. The lowest BCUT2D eigenvalue weighted by molar-refractivity contribution is -0.141. The monoisotopic (exact) mass is 546 g/mol. The van der Waals surface area contributed by atoms with E-state index in [9.17, 15) is 14.7 Å². The van der Waals surface area contributed by atoms with Crippen LogP contribution in [0.25, 0.3) is 0 Å². The van der Waals surface area contributed by atoms with Crippen molar-refractivity contribution >= 4 is 35.1 Å². The van der Waals surface area contributed by atoms with Crippen LogP contribution in [0, 0.1) is 5.82 Å². The van der Waals surface area contributed by atoms with Gasteiger partial charge >= 0.3 is 5.97 Å². The summed E-state index contributed by atoms with van der Waals surface area (Å²) in [5, 5.41) is 17.1. The number of hydrogen-bond donors (Lipinski definition) is 3. The zero-order valence-corrected chi connectivity index (χ0v) is 22.0.